The van der Waals surface area contributed by atoms with Gasteiger partial charge in [-0.15, -0.1) is 11.3 Å². The summed E-state index contributed by atoms with van der Waals surface area (Å²) in [5, 5.41) is 8.66. The molecule has 1 aliphatic heterocycles. The van der Waals surface area contributed by atoms with Crippen molar-refractivity contribution in [1.82, 2.24) is 14.9 Å². The third-order valence-electron chi connectivity index (χ3n) is 3.63. The lowest BCUT2D eigenvalue weighted by molar-refractivity contribution is -0.114. The summed E-state index contributed by atoms with van der Waals surface area (Å²) in [5.41, 5.74) is 1.83. The highest BCUT2D eigenvalue weighted by Gasteiger charge is 2.20. The van der Waals surface area contributed by atoms with Crippen molar-refractivity contribution in [3.8, 4) is 0 Å². The van der Waals surface area contributed by atoms with Gasteiger partial charge < -0.3 is 15.5 Å². The lowest BCUT2D eigenvalue weighted by Crippen LogP contribution is -2.30. The first-order chi connectivity index (χ1) is 11.4. The van der Waals surface area contributed by atoms with Gasteiger partial charge in [0, 0.05) is 24.5 Å². The molecule has 0 aromatic carbocycles. The number of hydrogen-bond acceptors (Lipinski definition) is 6. The molecule has 0 saturated heterocycles. The number of rotatable bonds is 4. The second kappa shape index (κ2) is 6.56. The molecule has 3 heterocycles. The standard InChI is InChI=1S/C16H19N5O2S/c1-9(2)15-19-11(8-24-15)7-21(3)16(23)10-4-12-14(17-5-10)18-6-13(22)20-12/h4-5,8-9H,6-7H2,1-3H3,(H,17,18)(H,20,22). The summed E-state index contributed by atoms with van der Waals surface area (Å²) in [6.45, 7) is 4.82. The number of amides is 2. The SMILES string of the molecule is CC(C)c1nc(CN(C)C(=O)c2cnc3c(c2)NC(=O)CN3)cs1. The number of hydrogen-bond donors (Lipinski definition) is 2. The van der Waals surface area contributed by atoms with Gasteiger partial charge in [-0.25, -0.2) is 9.97 Å². The van der Waals surface area contributed by atoms with Gasteiger partial charge >= 0.3 is 0 Å². The number of pyridine rings is 1. The van der Waals surface area contributed by atoms with E-state index >= 15 is 0 Å². The molecule has 0 unspecified atom stereocenters. The molecule has 2 N–H and O–H groups in total. The number of carbonyl (C=O) groups is 2. The molecule has 8 heteroatoms. The van der Waals surface area contributed by atoms with Gasteiger partial charge in [0.05, 0.1) is 35.0 Å². The van der Waals surface area contributed by atoms with Crippen LogP contribution in [-0.4, -0.2) is 40.3 Å². The van der Waals surface area contributed by atoms with Crippen molar-refractivity contribution in [2.45, 2.75) is 26.3 Å². The first kappa shape index (κ1) is 16.4. The molecular formula is C16H19N5O2S. The highest BCUT2D eigenvalue weighted by atomic mass is 32.1. The lowest BCUT2D eigenvalue weighted by atomic mass is 10.2. The zero-order chi connectivity index (χ0) is 17.3. The molecule has 2 amide bonds. The summed E-state index contributed by atoms with van der Waals surface area (Å²) < 4.78 is 0. The molecule has 1 aliphatic rings. The summed E-state index contributed by atoms with van der Waals surface area (Å²) in [6, 6.07) is 1.64. The normalized spacial score (nSPS) is 13.2. The molecule has 0 fully saturated rings. The van der Waals surface area contributed by atoms with Crippen LogP contribution in [0.1, 0.15) is 40.8 Å². The number of nitrogens with zero attached hydrogens (tertiary/aromatic N) is 3. The van der Waals surface area contributed by atoms with E-state index in [2.05, 4.69) is 34.4 Å². The van der Waals surface area contributed by atoms with Crippen LogP contribution in [0.25, 0.3) is 0 Å². The van der Waals surface area contributed by atoms with Crippen LogP contribution < -0.4 is 10.6 Å². The summed E-state index contributed by atoms with van der Waals surface area (Å²) in [6.07, 6.45) is 1.52. The zero-order valence-corrected chi connectivity index (χ0v) is 14.6. The maximum atomic E-state index is 12.6. The van der Waals surface area contributed by atoms with E-state index in [0.29, 0.717) is 29.5 Å². The maximum absolute atomic E-state index is 12.6. The summed E-state index contributed by atoms with van der Waals surface area (Å²) in [7, 11) is 1.73. The minimum atomic E-state index is -0.163. The van der Waals surface area contributed by atoms with Crippen molar-refractivity contribution < 1.29 is 9.59 Å². The number of anilines is 2. The third kappa shape index (κ3) is 3.38. The molecule has 0 aliphatic carbocycles. The van der Waals surface area contributed by atoms with Gasteiger partial charge in [0.2, 0.25) is 5.91 Å². The molecular weight excluding hydrogens is 326 g/mol. The molecule has 0 saturated carbocycles. The van der Waals surface area contributed by atoms with Crippen molar-refractivity contribution in [3.05, 3.63) is 33.9 Å². The monoisotopic (exact) mass is 345 g/mol. The van der Waals surface area contributed by atoms with E-state index in [9.17, 15) is 9.59 Å². The van der Waals surface area contributed by atoms with Gasteiger partial charge in [-0.05, 0) is 6.07 Å². The van der Waals surface area contributed by atoms with Crippen LogP contribution in [0.2, 0.25) is 0 Å². The Morgan fingerprint density at radius 3 is 2.96 bits per heavy atom. The molecule has 0 atom stereocenters. The highest BCUT2D eigenvalue weighted by Crippen LogP contribution is 2.24. The van der Waals surface area contributed by atoms with Crippen LogP contribution in [0, 0.1) is 0 Å². The Bertz CT molecular complexity index is 787. The summed E-state index contributed by atoms with van der Waals surface area (Å²) in [5.74, 6) is 0.649. The average molecular weight is 345 g/mol. The van der Waals surface area contributed by atoms with Gasteiger partial charge in [0.1, 0.15) is 5.82 Å². The fraction of sp³-hybridized carbons (Fsp3) is 0.375. The van der Waals surface area contributed by atoms with E-state index in [1.807, 2.05) is 5.38 Å². The smallest absolute Gasteiger partial charge is 0.255 e. The first-order valence-corrected chi connectivity index (χ1v) is 8.55. The van der Waals surface area contributed by atoms with Gasteiger partial charge in [-0.2, -0.15) is 0 Å². The minimum absolute atomic E-state index is 0.147. The van der Waals surface area contributed by atoms with E-state index in [4.69, 9.17) is 0 Å². The molecule has 2 aromatic rings. The van der Waals surface area contributed by atoms with Crippen LogP contribution in [0.15, 0.2) is 17.6 Å². The molecule has 0 radical (unpaired) electrons. The predicted octanol–water partition coefficient (Wildman–Crippen LogP) is 2.30. The number of fused-ring (bicyclic) bond motifs is 1. The van der Waals surface area contributed by atoms with Crippen molar-refractivity contribution >= 4 is 34.7 Å². The van der Waals surface area contributed by atoms with Crippen molar-refractivity contribution in [2.75, 3.05) is 24.2 Å². The quantitative estimate of drug-likeness (QED) is 0.888. The van der Waals surface area contributed by atoms with Gasteiger partial charge in [-0.3, -0.25) is 9.59 Å². The van der Waals surface area contributed by atoms with E-state index < -0.39 is 0 Å². The Morgan fingerprint density at radius 2 is 2.25 bits per heavy atom. The summed E-state index contributed by atoms with van der Waals surface area (Å²) >= 11 is 1.61. The van der Waals surface area contributed by atoms with Crippen molar-refractivity contribution in [3.63, 3.8) is 0 Å². The van der Waals surface area contributed by atoms with Crippen LogP contribution in [0.5, 0.6) is 0 Å². The van der Waals surface area contributed by atoms with Crippen LogP contribution >= 0.6 is 11.3 Å². The number of carbonyl (C=O) groups excluding carboxylic acids is 2. The molecule has 126 valence electrons. The zero-order valence-electron chi connectivity index (χ0n) is 13.8. The molecule has 3 rings (SSSR count). The predicted molar refractivity (Wildman–Crippen MR) is 93.4 cm³/mol. The Balaban J connectivity index is 1.73. The number of nitrogens with one attached hydrogen (secondary N) is 2. The molecule has 0 spiro atoms. The topological polar surface area (TPSA) is 87.2 Å². The van der Waals surface area contributed by atoms with Gasteiger partial charge in [-0.1, -0.05) is 13.8 Å². The molecule has 2 aromatic heterocycles. The van der Waals surface area contributed by atoms with Crippen LogP contribution in [0.3, 0.4) is 0 Å². The Morgan fingerprint density at radius 1 is 1.46 bits per heavy atom. The average Bonchev–Trinajstić information content (AvgIpc) is 3.02. The first-order valence-electron chi connectivity index (χ1n) is 7.67. The second-order valence-electron chi connectivity index (χ2n) is 6.01. The van der Waals surface area contributed by atoms with Crippen LogP contribution in [-0.2, 0) is 11.3 Å². The Kier molecular flexibility index (Phi) is 4.48. The Hall–Kier alpha value is -2.48. The number of aromatic nitrogens is 2. The van der Waals surface area contributed by atoms with Crippen molar-refractivity contribution in [1.29, 1.82) is 0 Å². The molecule has 24 heavy (non-hydrogen) atoms. The second-order valence-corrected chi connectivity index (χ2v) is 6.90. The molecule has 7 nitrogen and oxygen atoms in total. The van der Waals surface area contributed by atoms with E-state index in [0.717, 1.165) is 10.7 Å². The fourth-order valence-electron chi connectivity index (χ4n) is 2.37. The lowest BCUT2D eigenvalue weighted by Gasteiger charge is -2.20. The van der Waals surface area contributed by atoms with Crippen LogP contribution in [0.4, 0.5) is 11.5 Å². The van der Waals surface area contributed by atoms with Crippen molar-refractivity contribution in [2.24, 2.45) is 0 Å². The largest absolute Gasteiger partial charge is 0.359 e. The third-order valence-corrected chi connectivity index (χ3v) is 4.83. The van der Waals surface area contributed by atoms with Gasteiger partial charge in [0.15, 0.2) is 0 Å². The Labute approximate surface area is 144 Å². The minimum Gasteiger partial charge on any atom is -0.359 e. The van der Waals surface area contributed by atoms with E-state index in [1.165, 1.54) is 6.20 Å². The van der Waals surface area contributed by atoms with E-state index in [1.54, 1.807) is 29.4 Å². The molecule has 0 bridgehead atoms. The van der Waals surface area contributed by atoms with E-state index in [-0.39, 0.29) is 18.4 Å². The maximum Gasteiger partial charge on any atom is 0.255 e. The highest BCUT2D eigenvalue weighted by molar-refractivity contribution is 7.09. The fourth-order valence-corrected chi connectivity index (χ4v) is 3.20. The van der Waals surface area contributed by atoms with Gasteiger partial charge in [0.25, 0.3) is 5.91 Å². The summed E-state index contributed by atoms with van der Waals surface area (Å²) in [4.78, 5) is 34.4. The number of thiazole rings is 1.